The molecule has 1 amide bonds. The number of aryl methyl sites for hydroxylation is 1. The summed E-state index contributed by atoms with van der Waals surface area (Å²) < 4.78 is 25.6. The maximum absolute atomic E-state index is 12.4. The molecular weight excluding hydrogens is 431 g/mol. The second-order valence-electron chi connectivity index (χ2n) is 6.97. The highest BCUT2D eigenvalue weighted by Gasteiger charge is 2.21. The van der Waals surface area contributed by atoms with Crippen LogP contribution in [0.3, 0.4) is 0 Å². The van der Waals surface area contributed by atoms with Crippen molar-refractivity contribution in [2.75, 3.05) is 17.1 Å². The molecule has 0 radical (unpaired) electrons. The first-order chi connectivity index (χ1) is 13.6. The summed E-state index contributed by atoms with van der Waals surface area (Å²) in [4.78, 5) is 12.4. The van der Waals surface area contributed by atoms with Crippen LogP contribution in [0, 0.1) is 6.92 Å². The minimum atomic E-state index is -3.57. The number of anilines is 1. The number of hydrogen-bond donors (Lipinski definition) is 1. The van der Waals surface area contributed by atoms with Gasteiger partial charge in [-0.05, 0) is 43.5 Å². The monoisotopic (exact) mass is 456 g/mol. The Bertz CT molecular complexity index is 947. The molecule has 0 saturated carbocycles. The number of nitrogens with one attached hydrogen (secondary N) is 1. The summed E-state index contributed by atoms with van der Waals surface area (Å²) in [7, 11) is -3.57. The second kappa shape index (κ2) is 10.3. The highest BCUT2D eigenvalue weighted by Crippen LogP contribution is 2.31. The lowest BCUT2D eigenvalue weighted by molar-refractivity contribution is -0.121. The summed E-state index contributed by atoms with van der Waals surface area (Å²) in [5, 5.41) is 3.70. The van der Waals surface area contributed by atoms with Gasteiger partial charge < -0.3 is 5.32 Å². The number of sulfonamides is 1. The zero-order valence-electron chi connectivity index (χ0n) is 16.8. The zero-order chi connectivity index (χ0) is 21.6. The average Bonchev–Trinajstić information content (AvgIpc) is 2.65. The first-order valence-electron chi connectivity index (χ1n) is 9.40. The van der Waals surface area contributed by atoms with E-state index in [0.29, 0.717) is 17.1 Å². The van der Waals surface area contributed by atoms with Gasteiger partial charge in [-0.25, -0.2) is 8.42 Å². The van der Waals surface area contributed by atoms with E-state index in [9.17, 15) is 13.2 Å². The standard InChI is InChI=1S/C21H26Cl2N2O3S/c1-4-19(16-9-7-15(2)8-10-16)24-21(26)6-5-13-25(29(3,27)28)20-14-17(22)11-12-18(20)23/h7-12,14,19H,4-6,13H2,1-3H3,(H,24,26). The molecule has 29 heavy (non-hydrogen) atoms. The summed E-state index contributed by atoms with van der Waals surface area (Å²) in [6.07, 6.45) is 2.43. The molecule has 0 fully saturated rings. The molecule has 1 atom stereocenters. The highest BCUT2D eigenvalue weighted by molar-refractivity contribution is 7.92. The third kappa shape index (κ3) is 6.91. The maximum Gasteiger partial charge on any atom is 0.232 e. The quantitative estimate of drug-likeness (QED) is 0.569. The van der Waals surface area contributed by atoms with Crippen LogP contribution in [0.2, 0.25) is 10.0 Å². The van der Waals surface area contributed by atoms with Crippen LogP contribution in [0.25, 0.3) is 0 Å². The molecule has 8 heteroatoms. The van der Waals surface area contributed by atoms with Gasteiger partial charge in [0.1, 0.15) is 0 Å². The van der Waals surface area contributed by atoms with Gasteiger partial charge in [0.05, 0.1) is 23.0 Å². The van der Waals surface area contributed by atoms with Gasteiger partial charge in [0.25, 0.3) is 0 Å². The van der Waals surface area contributed by atoms with Crippen molar-refractivity contribution < 1.29 is 13.2 Å². The van der Waals surface area contributed by atoms with Crippen LogP contribution in [0.15, 0.2) is 42.5 Å². The van der Waals surface area contributed by atoms with Crippen LogP contribution in [0.4, 0.5) is 5.69 Å². The van der Waals surface area contributed by atoms with Crippen LogP contribution >= 0.6 is 23.2 Å². The number of carbonyl (C=O) groups is 1. The number of hydrogen-bond acceptors (Lipinski definition) is 3. The SMILES string of the molecule is CCC(NC(=O)CCCN(c1cc(Cl)ccc1Cl)S(C)(=O)=O)c1ccc(C)cc1. The molecule has 0 heterocycles. The summed E-state index contributed by atoms with van der Waals surface area (Å²) in [5.41, 5.74) is 2.53. The van der Waals surface area contributed by atoms with E-state index < -0.39 is 10.0 Å². The maximum atomic E-state index is 12.4. The molecule has 0 spiro atoms. The Morgan fingerprint density at radius 2 is 1.79 bits per heavy atom. The van der Waals surface area contributed by atoms with Crippen molar-refractivity contribution in [2.45, 2.75) is 39.2 Å². The highest BCUT2D eigenvalue weighted by atomic mass is 35.5. The number of nitrogens with zero attached hydrogens (tertiary/aromatic N) is 1. The van der Waals surface area contributed by atoms with Crippen molar-refractivity contribution in [3.63, 3.8) is 0 Å². The van der Waals surface area contributed by atoms with Crippen molar-refractivity contribution in [3.05, 3.63) is 63.6 Å². The fraction of sp³-hybridized carbons (Fsp3) is 0.381. The minimum absolute atomic E-state index is 0.0727. The summed E-state index contributed by atoms with van der Waals surface area (Å²) in [6.45, 7) is 4.16. The second-order valence-corrected chi connectivity index (χ2v) is 9.72. The lowest BCUT2D eigenvalue weighted by Crippen LogP contribution is -2.33. The molecule has 5 nitrogen and oxygen atoms in total. The van der Waals surface area contributed by atoms with Gasteiger partial charge in [0.2, 0.25) is 15.9 Å². The van der Waals surface area contributed by atoms with Gasteiger partial charge >= 0.3 is 0 Å². The number of rotatable bonds is 9. The van der Waals surface area contributed by atoms with Gasteiger partial charge in [0.15, 0.2) is 0 Å². The van der Waals surface area contributed by atoms with E-state index in [2.05, 4.69) is 5.32 Å². The molecule has 2 rings (SSSR count). The van der Waals surface area contributed by atoms with E-state index >= 15 is 0 Å². The van der Waals surface area contributed by atoms with Crippen LogP contribution in [-0.2, 0) is 14.8 Å². The average molecular weight is 457 g/mol. The third-order valence-corrected chi connectivity index (χ3v) is 6.30. The predicted octanol–water partition coefficient (Wildman–Crippen LogP) is 5.12. The number of benzene rings is 2. The molecule has 0 aliphatic heterocycles. The molecule has 0 aromatic heterocycles. The van der Waals surface area contributed by atoms with Crippen LogP contribution in [0.1, 0.15) is 43.4 Å². The molecule has 1 N–H and O–H groups in total. The molecule has 0 aliphatic carbocycles. The Labute approximate surface area is 183 Å². The number of halogens is 2. The summed E-state index contributed by atoms with van der Waals surface area (Å²) in [6, 6.07) is 12.6. The van der Waals surface area contributed by atoms with E-state index in [4.69, 9.17) is 23.2 Å². The molecule has 2 aromatic rings. The van der Waals surface area contributed by atoms with Crippen molar-refractivity contribution in [1.82, 2.24) is 5.32 Å². The van der Waals surface area contributed by atoms with Crippen LogP contribution in [-0.4, -0.2) is 27.1 Å². The summed E-state index contributed by atoms with van der Waals surface area (Å²) in [5.74, 6) is -0.122. The van der Waals surface area contributed by atoms with Crippen molar-refractivity contribution in [3.8, 4) is 0 Å². The van der Waals surface area contributed by atoms with E-state index in [-0.39, 0.29) is 29.9 Å². The zero-order valence-corrected chi connectivity index (χ0v) is 19.1. The van der Waals surface area contributed by atoms with Gasteiger partial charge in [-0.15, -0.1) is 0 Å². The largest absolute Gasteiger partial charge is 0.349 e. The Kier molecular flexibility index (Phi) is 8.37. The molecule has 0 aliphatic rings. The first-order valence-corrected chi connectivity index (χ1v) is 12.0. The third-order valence-electron chi connectivity index (χ3n) is 4.57. The molecular formula is C21H26Cl2N2O3S. The molecule has 0 saturated heterocycles. The Hall–Kier alpha value is -1.76. The van der Waals surface area contributed by atoms with Crippen molar-refractivity contribution >= 4 is 44.8 Å². The van der Waals surface area contributed by atoms with E-state index in [1.165, 1.54) is 10.4 Å². The molecule has 1 unspecified atom stereocenters. The fourth-order valence-electron chi connectivity index (χ4n) is 3.01. The minimum Gasteiger partial charge on any atom is -0.349 e. The van der Waals surface area contributed by atoms with Gasteiger partial charge in [-0.1, -0.05) is 60.0 Å². The lowest BCUT2D eigenvalue weighted by atomic mass is 10.0. The normalized spacial score (nSPS) is 12.4. The molecule has 158 valence electrons. The van der Waals surface area contributed by atoms with Crippen LogP contribution in [0.5, 0.6) is 0 Å². The summed E-state index contributed by atoms with van der Waals surface area (Å²) >= 11 is 12.2. The lowest BCUT2D eigenvalue weighted by Gasteiger charge is -2.24. The van der Waals surface area contributed by atoms with E-state index in [1.54, 1.807) is 12.1 Å². The Balaban J connectivity index is 2.00. The fourth-order valence-corrected chi connectivity index (χ4v) is 4.42. The molecule has 0 bridgehead atoms. The number of carbonyl (C=O) groups excluding carboxylic acids is 1. The molecule has 2 aromatic carbocycles. The Morgan fingerprint density at radius 3 is 2.38 bits per heavy atom. The van der Waals surface area contributed by atoms with E-state index in [0.717, 1.165) is 23.8 Å². The van der Waals surface area contributed by atoms with Gasteiger partial charge in [-0.3, -0.25) is 9.10 Å². The predicted molar refractivity (Wildman–Crippen MR) is 120 cm³/mol. The van der Waals surface area contributed by atoms with Gasteiger partial charge in [-0.2, -0.15) is 0 Å². The smallest absolute Gasteiger partial charge is 0.232 e. The topological polar surface area (TPSA) is 66.5 Å². The number of amides is 1. The first kappa shape index (κ1) is 23.5. The van der Waals surface area contributed by atoms with Gasteiger partial charge in [0, 0.05) is 18.0 Å². The van der Waals surface area contributed by atoms with Crippen molar-refractivity contribution in [1.29, 1.82) is 0 Å². The van der Waals surface area contributed by atoms with Crippen molar-refractivity contribution in [2.24, 2.45) is 0 Å². The van der Waals surface area contributed by atoms with Crippen LogP contribution < -0.4 is 9.62 Å². The Morgan fingerprint density at radius 1 is 1.14 bits per heavy atom. The van der Waals surface area contributed by atoms with E-state index in [1.807, 2.05) is 38.1 Å².